The quantitative estimate of drug-likeness (QED) is 0.189. The molecule has 3 atom stereocenters. The second kappa shape index (κ2) is 15.0. The van der Waals surface area contributed by atoms with Crippen LogP contribution in [0.25, 0.3) is 0 Å². The van der Waals surface area contributed by atoms with Gasteiger partial charge >= 0.3 is 0 Å². The van der Waals surface area contributed by atoms with Crippen LogP contribution in [0.5, 0.6) is 0 Å². The third kappa shape index (κ3) is 8.76. The van der Waals surface area contributed by atoms with Gasteiger partial charge in [0.15, 0.2) is 0 Å². The summed E-state index contributed by atoms with van der Waals surface area (Å²) >= 11 is 0. The zero-order chi connectivity index (χ0) is 28.2. The molecule has 6 N–H and O–H groups in total. The molecule has 1 saturated carbocycles. The third-order valence-electron chi connectivity index (χ3n) is 7.09. The summed E-state index contributed by atoms with van der Waals surface area (Å²) in [7, 11) is 0. The van der Waals surface area contributed by atoms with Crippen LogP contribution in [0.1, 0.15) is 63.4 Å². The van der Waals surface area contributed by atoms with Crippen LogP contribution in [0.2, 0.25) is 0 Å². The largest absolute Gasteiger partial charge is 0.351 e. The molecule has 1 fully saturated rings. The van der Waals surface area contributed by atoms with Gasteiger partial charge in [0, 0.05) is 42.7 Å². The van der Waals surface area contributed by atoms with Gasteiger partial charge in [0.25, 0.3) is 11.8 Å². The summed E-state index contributed by atoms with van der Waals surface area (Å²) in [6, 6.07) is 26.5. The van der Waals surface area contributed by atoms with Crippen molar-refractivity contribution in [2.24, 2.45) is 5.73 Å². The van der Waals surface area contributed by atoms with Crippen molar-refractivity contribution >= 4 is 17.7 Å². The van der Waals surface area contributed by atoms with Gasteiger partial charge in [-0.2, -0.15) is 0 Å². The van der Waals surface area contributed by atoms with Gasteiger partial charge in [0.2, 0.25) is 5.91 Å². The summed E-state index contributed by atoms with van der Waals surface area (Å²) in [5.74, 6) is -0.344. The number of benzene rings is 3. The van der Waals surface area contributed by atoms with Crippen molar-refractivity contribution in [2.75, 3.05) is 19.6 Å². The lowest BCUT2D eigenvalue weighted by Crippen LogP contribution is -2.46. The minimum Gasteiger partial charge on any atom is -0.351 e. The zero-order valence-electron chi connectivity index (χ0n) is 22.8. The molecule has 0 aromatic heterocycles. The lowest BCUT2D eigenvalue weighted by atomic mass is 10.1. The van der Waals surface area contributed by atoms with E-state index < -0.39 is 11.9 Å². The second-order valence-corrected chi connectivity index (χ2v) is 10.2. The van der Waals surface area contributed by atoms with Crippen molar-refractivity contribution in [3.05, 3.63) is 107 Å². The van der Waals surface area contributed by atoms with E-state index in [4.69, 9.17) is 5.73 Å². The number of carbonyl (C=O) groups is 3. The number of amides is 3. The number of carbonyl (C=O) groups excluding carboxylic acids is 3. The molecule has 1 aliphatic rings. The maximum absolute atomic E-state index is 13.1. The molecule has 40 heavy (non-hydrogen) atoms. The average Bonchev–Trinajstić information content (AvgIpc) is 3.78. The highest BCUT2D eigenvalue weighted by atomic mass is 16.2. The Bertz CT molecular complexity index is 1250. The highest BCUT2D eigenvalue weighted by molar-refractivity contribution is 6.01. The molecule has 1 unspecified atom stereocenters. The van der Waals surface area contributed by atoms with Gasteiger partial charge in [-0.3, -0.25) is 14.4 Å². The fourth-order valence-corrected chi connectivity index (χ4v) is 4.76. The van der Waals surface area contributed by atoms with E-state index in [2.05, 4.69) is 45.5 Å². The lowest BCUT2D eigenvalue weighted by Gasteiger charge is -2.19. The summed E-state index contributed by atoms with van der Waals surface area (Å²) in [5, 5.41) is 12.2. The molecule has 3 amide bonds. The first-order valence-electron chi connectivity index (χ1n) is 14.0. The van der Waals surface area contributed by atoms with Crippen molar-refractivity contribution in [3.8, 4) is 0 Å². The monoisotopic (exact) mass is 541 g/mol. The minimum atomic E-state index is -0.691. The van der Waals surface area contributed by atoms with Crippen LogP contribution in [0.4, 0.5) is 0 Å². The maximum atomic E-state index is 13.1. The Kier molecular flexibility index (Phi) is 10.8. The lowest BCUT2D eigenvalue weighted by molar-refractivity contribution is -0.123. The van der Waals surface area contributed by atoms with Crippen LogP contribution in [-0.2, 0) is 11.3 Å². The number of rotatable bonds is 15. The number of hydrogen-bond donors (Lipinski definition) is 5. The number of hydrogen-bond acceptors (Lipinski definition) is 5. The summed E-state index contributed by atoms with van der Waals surface area (Å²) in [4.78, 5) is 38.6. The van der Waals surface area contributed by atoms with Crippen LogP contribution in [-0.4, -0.2) is 49.4 Å². The number of unbranched alkanes of at least 4 members (excludes halogenated alkanes) is 1. The Balaban J connectivity index is 1.30. The molecule has 0 bridgehead atoms. The van der Waals surface area contributed by atoms with Gasteiger partial charge in [-0.05, 0) is 61.6 Å². The molecule has 0 radical (unpaired) electrons. The molecule has 0 heterocycles. The molecule has 0 aliphatic heterocycles. The summed E-state index contributed by atoms with van der Waals surface area (Å²) < 4.78 is 0. The normalized spacial score (nSPS) is 16.5. The Hall–Kier alpha value is -4.01. The molecule has 210 valence electrons. The second-order valence-electron chi connectivity index (χ2n) is 10.2. The van der Waals surface area contributed by atoms with Crippen molar-refractivity contribution in [3.63, 3.8) is 0 Å². The smallest absolute Gasteiger partial charge is 0.251 e. The molecular weight excluding hydrogens is 502 g/mol. The molecule has 0 spiro atoms. The van der Waals surface area contributed by atoms with E-state index in [0.717, 1.165) is 31.4 Å². The van der Waals surface area contributed by atoms with Crippen LogP contribution >= 0.6 is 0 Å². The molecule has 8 heteroatoms. The van der Waals surface area contributed by atoms with E-state index in [1.807, 2.05) is 36.4 Å². The fourth-order valence-electron chi connectivity index (χ4n) is 4.76. The predicted octanol–water partition coefficient (Wildman–Crippen LogP) is 3.11. The first-order valence-corrected chi connectivity index (χ1v) is 14.0. The van der Waals surface area contributed by atoms with Crippen LogP contribution in [0.3, 0.4) is 0 Å². The van der Waals surface area contributed by atoms with Gasteiger partial charge in [-0.25, -0.2) is 0 Å². The molecule has 3 aromatic rings. The molecule has 3 aromatic carbocycles. The minimum absolute atomic E-state index is 0.228. The maximum Gasteiger partial charge on any atom is 0.251 e. The molecule has 4 rings (SSSR count). The fraction of sp³-hybridized carbons (Fsp3) is 0.344. The van der Waals surface area contributed by atoms with E-state index in [1.54, 1.807) is 18.2 Å². The Morgan fingerprint density at radius 2 is 1.50 bits per heavy atom. The van der Waals surface area contributed by atoms with Gasteiger partial charge in [0.1, 0.15) is 6.04 Å². The topological polar surface area (TPSA) is 125 Å². The van der Waals surface area contributed by atoms with Gasteiger partial charge in [0.05, 0.1) is 0 Å². The highest BCUT2D eigenvalue weighted by Crippen LogP contribution is 2.40. The van der Waals surface area contributed by atoms with Gasteiger partial charge in [-0.1, -0.05) is 66.7 Å². The van der Waals surface area contributed by atoms with E-state index in [1.165, 1.54) is 11.6 Å². The number of nitrogens with one attached hydrogen (secondary N) is 4. The van der Waals surface area contributed by atoms with Crippen molar-refractivity contribution in [1.82, 2.24) is 21.3 Å². The molecule has 8 nitrogen and oxygen atoms in total. The summed E-state index contributed by atoms with van der Waals surface area (Å²) in [6.07, 6.45) is 3.33. The number of nitrogens with two attached hydrogens (primary N) is 1. The van der Waals surface area contributed by atoms with Crippen molar-refractivity contribution in [1.29, 1.82) is 0 Å². The standard InChI is InChI=1S/C32H39N5O3/c33-17-19-35-30(38)25-14-9-15-26(20-25)31(39)37-28(32(40)36-22-23-10-3-1-4-11-23)16-7-8-18-34-29-21-27(29)24-12-5-2-6-13-24/h1-6,9-15,20,27-29,34H,7-8,16-19,21-22,33H2,(H,35,38)(H,36,40)(H,37,39)/t27-,28?,29+/m0/s1. The van der Waals surface area contributed by atoms with E-state index >= 15 is 0 Å². The molecular formula is C32H39N5O3. The van der Waals surface area contributed by atoms with Crippen LogP contribution in [0, 0.1) is 0 Å². The summed E-state index contributed by atoms with van der Waals surface area (Å²) in [6.45, 7) is 1.92. The van der Waals surface area contributed by atoms with E-state index in [9.17, 15) is 14.4 Å². The average molecular weight is 542 g/mol. The zero-order valence-corrected chi connectivity index (χ0v) is 22.8. The molecule has 1 aliphatic carbocycles. The van der Waals surface area contributed by atoms with Gasteiger partial charge in [-0.15, -0.1) is 0 Å². The SMILES string of the molecule is NCCNC(=O)c1cccc(C(=O)NC(CCCCN[C@@H]2C[C@H]2c2ccccc2)C(=O)NCc2ccccc2)c1. The first-order chi connectivity index (χ1) is 19.5. The Labute approximate surface area is 236 Å². The van der Waals surface area contributed by atoms with Crippen LogP contribution < -0.4 is 27.0 Å². The van der Waals surface area contributed by atoms with Gasteiger partial charge < -0.3 is 27.0 Å². The van der Waals surface area contributed by atoms with E-state index in [-0.39, 0.29) is 11.8 Å². The van der Waals surface area contributed by atoms with Crippen LogP contribution in [0.15, 0.2) is 84.9 Å². The predicted molar refractivity (Wildman–Crippen MR) is 157 cm³/mol. The Morgan fingerprint density at radius 3 is 2.23 bits per heavy atom. The molecule has 0 saturated heterocycles. The first kappa shape index (κ1) is 29.0. The highest BCUT2D eigenvalue weighted by Gasteiger charge is 2.37. The third-order valence-corrected chi connectivity index (χ3v) is 7.09. The van der Waals surface area contributed by atoms with Crippen molar-refractivity contribution < 1.29 is 14.4 Å². The van der Waals surface area contributed by atoms with E-state index in [0.29, 0.717) is 49.1 Å². The Morgan fingerprint density at radius 1 is 0.800 bits per heavy atom. The summed E-state index contributed by atoms with van der Waals surface area (Å²) in [5.41, 5.74) is 8.51. The van der Waals surface area contributed by atoms with Crippen molar-refractivity contribution in [2.45, 2.75) is 50.2 Å².